The van der Waals surface area contributed by atoms with Crippen LogP contribution < -0.4 is 4.74 Å². The number of hydrogen-bond acceptors (Lipinski definition) is 2. The Morgan fingerprint density at radius 1 is 1.26 bits per heavy atom. The van der Waals surface area contributed by atoms with Gasteiger partial charge in [-0.1, -0.05) is 37.6 Å². The lowest BCUT2D eigenvalue weighted by molar-refractivity contribution is 0.451. The van der Waals surface area contributed by atoms with Gasteiger partial charge in [-0.15, -0.1) is 0 Å². The minimum absolute atomic E-state index is 0.390. The van der Waals surface area contributed by atoms with Crippen molar-refractivity contribution in [3.05, 3.63) is 51.1 Å². The average Bonchev–Trinajstić information content (AvgIpc) is 2.32. The van der Waals surface area contributed by atoms with E-state index < -0.39 is 0 Å². The summed E-state index contributed by atoms with van der Waals surface area (Å²) in [5.41, 5.74) is 2.32. The minimum atomic E-state index is 0.390. The highest BCUT2D eigenvalue weighted by Crippen LogP contribution is 2.34. The number of ether oxygens (including phenoxy) is 1. The number of pyridine rings is 1. The van der Waals surface area contributed by atoms with Gasteiger partial charge in [-0.05, 0) is 52.0 Å². The molecule has 0 amide bonds. The van der Waals surface area contributed by atoms with E-state index in [0.29, 0.717) is 16.8 Å². The molecule has 1 aromatic carbocycles. The fraction of sp³-hybridized carbons (Fsp3) is 0.267. The lowest BCUT2D eigenvalue weighted by Crippen LogP contribution is -1.96. The van der Waals surface area contributed by atoms with Gasteiger partial charge in [0.1, 0.15) is 5.75 Å². The number of benzene rings is 1. The van der Waals surface area contributed by atoms with Crippen molar-refractivity contribution in [3.63, 3.8) is 0 Å². The quantitative estimate of drug-likeness (QED) is 0.712. The molecule has 0 saturated heterocycles. The van der Waals surface area contributed by atoms with Crippen LogP contribution in [0.4, 0.5) is 0 Å². The normalized spacial score (nSPS) is 10.8. The number of halogens is 2. The van der Waals surface area contributed by atoms with Gasteiger partial charge in [0.25, 0.3) is 0 Å². The average molecular weight is 341 g/mol. The largest absolute Gasteiger partial charge is 0.438 e. The maximum atomic E-state index is 5.92. The van der Waals surface area contributed by atoms with Crippen molar-refractivity contribution in [1.82, 2.24) is 4.98 Å². The van der Waals surface area contributed by atoms with Gasteiger partial charge in [0.15, 0.2) is 0 Å². The van der Waals surface area contributed by atoms with Crippen molar-refractivity contribution in [3.8, 4) is 11.6 Å². The molecule has 0 atom stereocenters. The Morgan fingerprint density at radius 3 is 2.63 bits per heavy atom. The van der Waals surface area contributed by atoms with Gasteiger partial charge >= 0.3 is 0 Å². The first-order chi connectivity index (χ1) is 8.97. The number of nitrogens with zero attached hydrogens (tertiary/aromatic N) is 1. The van der Waals surface area contributed by atoms with E-state index in [9.17, 15) is 0 Å². The summed E-state index contributed by atoms with van der Waals surface area (Å²) in [6.45, 7) is 6.32. The first kappa shape index (κ1) is 14.4. The summed E-state index contributed by atoms with van der Waals surface area (Å²) in [4.78, 5) is 4.20. The molecular weight excluding hydrogens is 326 g/mol. The number of hydrogen-bond donors (Lipinski definition) is 0. The van der Waals surface area contributed by atoms with Crippen LogP contribution in [0.3, 0.4) is 0 Å². The fourth-order valence-electron chi connectivity index (χ4n) is 1.79. The van der Waals surface area contributed by atoms with Gasteiger partial charge in [0, 0.05) is 6.20 Å². The van der Waals surface area contributed by atoms with Gasteiger partial charge in [0.05, 0.1) is 9.50 Å². The van der Waals surface area contributed by atoms with Crippen molar-refractivity contribution in [1.29, 1.82) is 0 Å². The highest BCUT2D eigenvalue weighted by atomic mass is 79.9. The Hall–Kier alpha value is -1.06. The second-order valence-corrected chi connectivity index (χ2v) is 6.03. The standard InChI is InChI=1S/C15H15BrClNO/c1-9(2)12-5-4-10(3)6-14(12)19-15-13(16)7-11(17)8-18-15/h4-9H,1-3H3. The third-order valence-corrected chi connectivity index (χ3v) is 3.55. The van der Waals surface area contributed by atoms with Crippen molar-refractivity contribution in [2.24, 2.45) is 0 Å². The summed E-state index contributed by atoms with van der Waals surface area (Å²) < 4.78 is 6.67. The zero-order valence-corrected chi connectivity index (χ0v) is 13.4. The van der Waals surface area contributed by atoms with Crippen LogP contribution in [-0.2, 0) is 0 Å². The Bertz CT molecular complexity index is 599. The van der Waals surface area contributed by atoms with Crippen LogP contribution >= 0.6 is 27.5 Å². The van der Waals surface area contributed by atoms with E-state index in [1.807, 2.05) is 13.0 Å². The Kier molecular flexibility index (Phi) is 4.48. The van der Waals surface area contributed by atoms with Crippen LogP contribution in [0.5, 0.6) is 11.6 Å². The Balaban J connectivity index is 2.39. The molecule has 0 aliphatic heterocycles. The molecule has 0 aliphatic rings. The van der Waals surface area contributed by atoms with Gasteiger partial charge in [-0.2, -0.15) is 0 Å². The van der Waals surface area contributed by atoms with Crippen LogP contribution in [0, 0.1) is 6.92 Å². The molecule has 0 fully saturated rings. The summed E-state index contributed by atoms with van der Waals surface area (Å²) in [6, 6.07) is 7.98. The zero-order valence-electron chi connectivity index (χ0n) is 11.1. The lowest BCUT2D eigenvalue weighted by Gasteiger charge is -2.14. The van der Waals surface area contributed by atoms with E-state index in [1.165, 1.54) is 0 Å². The van der Waals surface area contributed by atoms with Gasteiger partial charge < -0.3 is 4.74 Å². The molecule has 0 aliphatic carbocycles. The molecular formula is C15H15BrClNO. The predicted molar refractivity (Wildman–Crippen MR) is 82.3 cm³/mol. The summed E-state index contributed by atoms with van der Waals surface area (Å²) in [7, 11) is 0. The molecule has 100 valence electrons. The first-order valence-corrected chi connectivity index (χ1v) is 7.24. The number of rotatable bonds is 3. The molecule has 2 rings (SSSR count). The fourth-order valence-corrected chi connectivity index (χ4v) is 2.51. The second-order valence-electron chi connectivity index (χ2n) is 4.74. The molecule has 0 radical (unpaired) electrons. The van der Waals surface area contributed by atoms with Gasteiger partial charge in [-0.3, -0.25) is 0 Å². The summed E-state index contributed by atoms with van der Waals surface area (Å²) in [6.07, 6.45) is 1.58. The van der Waals surface area contributed by atoms with Crippen LogP contribution in [0.1, 0.15) is 30.9 Å². The van der Waals surface area contributed by atoms with Gasteiger partial charge in [0.2, 0.25) is 5.88 Å². The van der Waals surface area contributed by atoms with Crippen LogP contribution in [0.2, 0.25) is 5.02 Å². The molecule has 0 unspecified atom stereocenters. The van der Waals surface area contributed by atoms with Crippen molar-refractivity contribution in [2.75, 3.05) is 0 Å². The number of aryl methyl sites for hydroxylation is 1. The Morgan fingerprint density at radius 2 is 2.00 bits per heavy atom. The van der Waals surface area contributed by atoms with E-state index in [-0.39, 0.29) is 0 Å². The molecule has 0 N–H and O–H groups in total. The molecule has 19 heavy (non-hydrogen) atoms. The Labute approximate surface area is 126 Å². The molecule has 1 aromatic heterocycles. The van der Waals surface area contributed by atoms with Gasteiger partial charge in [-0.25, -0.2) is 4.98 Å². The second kappa shape index (κ2) is 5.93. The van der Waals surface area contributed by atoms with E-state index in [0.717, 1.165) is 21.3 Å². The summed E-state index contributed by atoms with van der Waals surface area (Å²) in [5.74, 6) is 1.75. The first-order valence-electron chi connectivity index (χ1n) is 6.07. The van der Waals surface area contributed by atoms with Crippen molar-refractivity contribution in [2.45, 2.75) is 26.7 Å². The van der Waals surface area contributed by atoms with Crippen LogP contribution in [0.15, 0.2) is 34.9 Å². The van der Waals surface area contributed by atoms with E-state index in [1.54, 1.807) is 12.3 Å². The molecule has 0 spiro atoms. The highest BCUT2D eigenvalue weighted by molar-refractivity contribution is 9.10. The topological polar surface area (TPSA) is 22.1 Å². The van der Waals surface area contributed by atoms with E-state index in [4.69, 9.17) is 16.3 Å². The van der Waals surface area contributed by atoms with Crippen LogP contribution in [-0.4, -0.2) is 4.98 Å². The smallest absolute Gasteiger partial charge is 0.233 e. The molecule has 4 heteroatoms. The van der Waals surface area contributed by atoms with Crippen molar-refractivity contribution >= 4 is 27.5 Å². The predicted octanol–water partition coefficient (Wildman–Crippen LogP) is 5.72. The summed E-state index contributed by atoms with van der Waals surface area (Å²) in [5, 5.41) is 0.576. The monoisotopic (exact) mass is 339 g/mol. The summed E-state index contributed by atoms with van der Waals surface area (Å²) >= 11 is 9.29. The third kappa shape index (κ3) is 3.48. The zero-order chi connectivity index (χ0) is 14.0. The maximum Gasteiger partial charge on any atom is 0.233 e. The lowest BCUT2D eigenvalue weighted by atomic mass is 10.0. The highest BCUT2D eigenvalue weighted by Gasteiger charge is 2.11. The SMILES string of the molecule is Cc1ccc(C(C)C)c(Oc2ncc(Cl)cc2Br)c1. The van der Waals surface area contributed by atoms with Crippen LogP contribution in [0.25, 0.3) is 0 Å². The van der Waals surface area contributed by atoms with Crippen molar-refractivity contribution < 1.29 is 4.74 Å². The number of aromatic nitrogens is 1. The molecule has 0 saturated carbocycles. The molecule has 2 nitrogen and oxygen atoms in total. The van der Waals surface area contributed by atoms with E-state index in [2.05, 4.69) is 46.9 Å². The molecule has 2 aromatic rings. The third-order valence-electron chi connectivity index (χ3n) is 2.77. The molecule has 0 bridgehead atoms. The van der Waals surface area contributed by atoms with E-state index >= 15 is 0 Å². The minimum Gasteiger partial charge on any atom is -0.438 e. The molecule has 1 heterocycles. The maximum absolute atomic E-state index is 5.92.